The summed E-state index contributed by atoms with van der Waals surface area (Å²) in [5, 5.41) is 11.3. The van der Waals surface area contributed by atoms with Gasteiger partial charge in [-0.05, 0) is 39.5 Å². The van der Waals surface area contributed by atoms with Gasteiger partial charge in [0, 0.05) is 12.0 Å². The van der Waals surface area contributed by atoms with Crippen LogP contribution in [-0.4, -0.2) is 32.3 Å². The highest BCUT2D eigenvalue weighted by Gasteiger charge is 2.50. The largest absolute Gasteiger partial charge is 0.591 e. The van der Waals surface area contributed by atoms with E-state index >= 15 is 0 Å². The first-order chi connectivity index (χ1) is 8.46. The molecule has 1 fully saturated rings. The number of carbonyl (C=O) groups is 1. The van der Waals surface area contributed by atoms with Crippen molar-refractivity contribution in [3.63, 3.8) is 0 Å². The van der Waals surface area contributed by atoms with E-state index < -0.39 is 17.5 Å². The zero-order valence-corrected chi connectivity index (χ0v) is 13.3. The Hall–Kier alpha value is -0.750. The second kappa shape index (κ2) is 5.32. The first-order valence-electron chi connectivity index (χ1n) is 6.43. The van der Waals surface area contributed by atoms with Crippen molar-refractivity contribution in [3.8, 4) is 0 Å². The maximum atomic E-state index is 12.0. The van der Waals surface area contributed by atoms with Crippen LogP contribution in [0.25, 0.3) is 0 Å². The molecule has 0 bridgehead atoms. The van der Waals surface area contributed by atoms with Crippen molar-refractivity contribution in [1.29, 1.82) is 0 Å². The van der Waals surface area contributed by atoms with Crippen LogP contribution >= 0.6 is 0 Å². The molecule has 6 heteroatoms. The van der Waals surface area contributed by atoms with Crippen molar-refractivity contribution < 1.29 is 14.5 Å². The highest BCUT2D eigenvalue weighted by molar-refractivity contribution is 7.91. The molecule has 1 saturated carbocycles. The van der Waals surface area contributed by atoms with Crippen molar-refractivity contribution in [1.82, 2.24) is 5.32 Å². The number of nitrogens with one attached hydrogen (secondary N) is 1. The standard InChI is InChI=1S/C13H24N2O3S/c1-8(15-19(18)12(2,3)4)9-7-10(13(9,5)6)14-11(16)17/h9-10,14H,7H2,1-6H3,(H,16,17)/b15-8+/t9-,10-,19?/m0/s1. The second-order valence-electron chi connectivity index (χ2n) is 6.71. The molecule has 110 valence electrons. The van der Waals surface area contributed by atoms with Gasteiger partial charge in [-0.15, -0.1) is 0 Å². The van der Waals surface area contributed by atoms with Crippen LogP contribution in [-0.2, 0) is 11.4 Å². The maximum Gasteiger partial charge on any atom is 0.404 e. The Morgan fingerprint density at radius 3 is 2.37 bits per heavy atom. The van der Waals surface area contributed by atoms with Crippen LogP contribution in [0.2, 0.25) is 0 Å². The molecule has 0 radical (unpaired) electrons. The van der Waals surface area contributed by atoms with Crippen LogP contribution in [0.15, 0.2) is 4.40 Å². The van der Waals surface area contributed by atoms with Crippen LogP contribution < -0.4 is 5.32 Å². The first-order valence-corrected chi connectivity index (χ1v) is 7.53. The first kappa shape index (κ1) is 16.3. The van der Waals surface area contributed by atoms with E-state index in [1.807, 2.05) is 41.5 Å². The lowest BCUT2D eigenvalue weighted by atomic mass is 9.57. The van der Waals surface area contributed by atoms with Crippen LogP contribution in [0.3, 0.4) is 0 Å². The highest BCUT2D eigenvalue weighted by atomic mass is 32.2. The average Bonchev–Trinajstić information content (AvgIpc) is 2.21. The molecule has 5 nitrogen and oxygen atoms in total. The Morgan fingerprint density at radius 2 is 2.00 bits per heavy atom. The summed E-state index contributed by atoms with van der Waals surface area (Å²) >= 11 is -1.26. The fourth-order valence-corrected chi connectivity index (χ4v) is 3.02. The molecule has 19 heavy (non-hydrogen) atoms. The summed E-state index contributed by atoms with van der Waals surface area (Å²) in [7, 11) is 0. The van der Waals surface area contributed by atoms with Crippen molar-refractivity contribution in [2.45, 2.75) is 58.8 Å². The molecule has 1 aliphatic rings. The van der Waals surface area contributed by atoms with E-state index in [1.54, 1.807) is 0 Å². The third-order valence-corrected chi connectivity index (χ3v) is 5.32. The fraction of sp³-hybridized carbons (Fsp3) is 0.846. The topological polar surface area (TPSA) is 84.8 Å². The number of carboxylic acid groups (broad SMARTS) is 1. The van der Waals surface area contributed by atoms with E-state index in [9.17, 15) is 9.35 Å². The molecule has 1 aliphatic carbocycles. The van der Waals surface area contributed by atoms with Gasteiger partial charge in [-0.2, -0.15) is 0 Å². The third kappa shape index (κ3) is 3.63. The number of rotatable bonds is 3. The maximum absolute atomic E-state index is 12.0. The van der Waals surface area contributed by atoms with Gasteiger partial charge in [0.1, 0.15) is 16.1 Å². The lowest BCUT2D eigenvalue weighted by Crippen LogP contribution is -2.60. The quantitative estimate of drug-likeness (QED) is 0.618. The Morgan fingerprint density at radius 1 is 1.47 bits per heavy atom. The summed E-state index contributed by atoms with van der Waals surface area (Å²) in [5.74, 6) is 0.177. The fourth-order valence-electron chi connectivity index (χ4n) is 2.36. The smallest absolute Gasteiger partial charge is 0.404 e. The SMILES string of the molecule is C/C(=N\[S+]([O-])C(C)(C)C)[C@@H]1C[C@H](NC(=O)O)C1(C)C. The summed E-state index contributed by atoms with van der Waals surface area (Å²) < 4.78 is 15.9. The minimum absolute atomic E-state index is 0.0665. The van der Waals surface area contributed by atoms with Crippen LogP contribution in [0.1, 0.15) is 48.0 Å². The molecule has 3 atom stereocenters. The third-order valence-electron chi connectivity index (χ3n) is 3.82. The van der Waals surface area contributed by atoms with Gasteiger partial charge < -0.3 is 15.0 Å². The molecule has 2 N–H and O–H groups in total. The lowest BCUT2D eigenvalue weighted by Gasteiger charge is -2.51. The van der Waals surface area contributed by atoms with Crippen molar-refractivity contribution >= 4 is 23.2 Å². The summed E-state index contributed by atoms with van der Waals surface area (Å²) in [5.41, 5.74) is 0.662. The Balaban J connectivity index is 2.74. The molecule has 1 amide bonds. The van der Waals surface area contributed by atoms with Gasteiger partial charge in [-0.25, -0.2) is 4.79 Å². The monoisotopic (exact) mass is 288 g/mol. The van der Waals surface area contributed by atoms with Crippen LogP contribution in [0.5, 0.6) is 0 Å². The highest BCUT2D eigenvalue weighted by Crippen LogP contribution is 2.47. The van der Waals surface area contributed by atoms with E-state index in [0.717, 1.165) is 12.1 Å². The average molecular weight is 288 g/mol. The van der Waals surface area contributed by atoms with Gasteiger partial charge in [-0.1, -0.05) is 18.2 Å². The summed E-state index contributed by atoms with van der Waals surface area (Å²) in [6, 6.07) is -0.0665. The van der Waals surface area contributed by atoms with Crippen LogP contribution in [0.4, 0.5) is 4.79 Å². The van der Waals surface area contributed by atoms with Gasteiger partial charge in [0.15, 0.2) is 0 Å². The van der Waals surface area contributed by atoms with Crippen LogP contribution in [0, 0.1) is 11.3 Å². The number of hydrogen-bond donors (Lipinski definition) is 2. The minimum Gasteiger partial charge on any atom is -0.591 e. The lowest BCUT2D eigenvalue weighted by molar-refractivity contribution is 0.0597. The van der Waals surface area contributed by atoms with E-state index in [1.165, 1.54) is 0 Å². The predicted octanol–water partition coefficient (Wildman–Crippen LogP) is 2.59. The molecular weight excluding hydrogens is 264 g/mol. The Bertz CT molecular complexity index is 388. The van der Waals surface area contributed by atoms with E-state index in [0.29, 0.717) is 0 Å². The summed E-state index contributed by atoms with van der Waals surface area (Å²) in [4.78, 5) is 10.7. The minimum atomic E-state index is -1.26. The molecule has 0 aromatic carbocycles. The molecule has 0 spiro atoms. The van der Waals surface area contributed by atoms with Gasteiger partial charge in [0.25, 0.3) is 0 Å². The molecule has 0 aliphatic heterocycles. The molecule has 1 unspecified atom stereocenters. The van der Waals surface area contributed by atoms with Gasteiger partial charge in [0.2, 0.25) is 0 Å². The Labute approximate surface area is 118 Å². The van der Waals surface area contributed by atoms with Crippen molar-refractivity contribution in [3.05, 3.63) is 0 Å². The number of hydrogen-bond acceptors (Lipinski definition) is 3. The molecule has 0 aromatic heterocycles. The molecule has 0 heterocycles. The summed E-state index contributed by atoms with van der Waals surface area (Å²) in [6.45, 7) is 11.6. The Kier molecular flexibility index (Phi) is 4.57. The number of nitrogens with zero attached hydrogens (tertiary/aromatic N) is 1. The predicted molar refractivity (Wildman–Crippen MR) is 77.8 cm³/mol. The van der Waals surface area contributed by atoms with Crippen molar-refractivity contribution in [2.75, 3.05) is 0 Å². The zero-order valence-electron chi connectivity index (χ0n) is 12.5. The van der Waals surface area contributed by atoms with E-state index in [-0.39, 0.29) is 22.1 Å². The molecular formula is C13H24N2O3S. The van der Waals surface area contributed by atoms with Gasteiger partial charge in [-0.3, -0.25) is 0 Å². The molecule has 1 rings (SSSR count). The van der Waals surface area contributed by atoms with Crippen molar-refractivity contribution in [2.24, 2.45) is 15.7 Å². The zero-order chi connectivity index (χ0) is 15.0. The van der Waals surface area contributed by atoms with E-state index in [4.69, 9.17) is 5.11 Å². The molecule has 0 aromatic rings. The second-order valence-corrected chi connectivity index (χ2v) is 8.61. The summed E-state index contributed by atoms with van der Waals surface area (Å²) in [6.07, 6.45) is -0.278. The van der Waals surface area contributed by atoms with E-state index in [2.05, 4.69) is 9.71 Å². The normalized spacial score (nSPS) is 28.5. The van der Waals surface area contributed by atoms with Gasteiger partial charge >= 0.3 is 6.09 Å². The van der Waals surface area contributed by atoms with Gasteiger partial charge in [0.05, 0.1) is 5.71 Å². The number of amides is 1. The molecule has 0 saturated heterocycles.